The normalized spacial score (nSPS) is 22.2. The molecule has 5 heteroatoms. The lowest BCUT2D eigenvalue weighted by Crippen LogP contribution is -2.41. The highest BCUT2D eigenvalue weighted by atomic mass is 16.2. The van der Waals surface area contributed by atoms with Crippen LogP contribution in [-0.4, -0.2) is 28.3 Å². The lowest BCUT2D eigenvalue weighted by atomic mass is 10.0. The minimum absolute atomic E-state index is 0.106. The summed E-state index contributed by atoms with van der Waals surface area (Å²) in [5.74, 6) is 1.72. The molecule has 1 aromatic heterocycles. The average molecular weight is 324 g/mol. The van der Waals surface area contributed by atoms with E-state index in [0.717, 1.165) is 24.5 Å². The number of nitrogens with zero attached hydrogens (tertiary/aromatic N) is 3. The van der Waals surface area contributed by atoms with Crippen molar-refractivity contribution >= 4 is 11.7 Å². The Morgan fingerprint density at radius 3 is 2.58 bits per heavy atom. The van der Waals surface area contributed by atoms with E-state index >= 15 is 0 Å². The van der Waals surface area contributed by atoms with Gasteiger partial charge in [-0.1, -0.05) is 30.3 Å². The Morgan fingerprint density at radius 1 is 1.21 bits per heavy atom. The number of hydrogen-bond donors (Lipinski definition) is 1. The topological polar surface area (TPSA) is 50.2 Å². The van der Waals surface area contributed by atoms with Gasteiger partial charge in [-0.15, -0.1) is 0 Å². The van der Waals surface area contributed by atoms with Gasteiger partial charge in [0.15, 0.2) is 0 Å². The largest absolute Gasteiger partial charge is 0.299 e. The third kappa shape index (κ3) is 2.84. The van der Waals surface area contributed by atoms with Gasteiger partial charge in [0.1, 0.15) is 5.82 Å². The third-order valence-corrected chi connectivity index (χ3v) is 5.09. The van der Waals surface area contributed by atoms with E-state index in [4.69, 9.17) is 0 Å². The summed E-state index contributed by atoms with van der Waals surface area (Å²) < 4.78 is 1.80. The third-order valence-electron chi connectivity index (χ3n) is 5.09. The Morgan fingerprint density at radius 2 is 1.96 bits per heavy atom. The number of carbonyl (C=O) groups excluding carboxylic acids is 1. The standard InChI is InChI=1S/C19H24N4O/c1-13-12-17(22(2)21-13)23-11-10-16(19(23)24)20-18(15-8-9-15)14-6-4-3-5-7-14/h3-7,12,15-16,18,20H,8-11H2,1-2H3/t16-,18-/m1/s1. The van der Waals surface area contributed by atoms with Crippen LogP contribution in [0.5, 0.6) is 0 Å². The molecule has 1 saturated carbocycles. The van der Waals surface area contributed by atoms with E-state index in [1.165, 1.54) is 18.4 Å². The highest BCUT2D eigenvalue weighted by Gasteiger charge is 2.39. The van der Waals surface area contributed by atoms with Gasteiger partial charge in [-0.3, -0.25) is 19.7 Å². The second kappa shape index (κ2) is 6.06. The summed E-state index contributed by atoms with van der Waals surface area (Å²) in [5, 5.41) is 8.01. The van der Waals surface area contributed by atoms with E-state index in [1.54, 1.807) is 4.68 Å². The number of aryl methyl sites for hydroxylation is 2. The van der Waals surface area contributed by atoms with Crippen LogP contribution in [0, 0.1) is 12.8 Å². The molecule has 1 amide bonds. The molecule has 0 bridgehead atoms. The van der Waals surface area contributed by atoms with Gasteiger partial charge in [0.25, 0.3) is 0 Å². The molecule has 2 atom stereocenters. The zero-order chi connectivity index (χ0) is 16.7. The smallest absolute Gasteiger partial charge is 0.245 e. The number of carbonyl (C=O) groups is 1. The van der Waals surface area contributed by atoms with Crippen molar-refractivity contribution in [3.63, 3.8) is 0 Å². The molecule has 2 fully saturated rings. The number of nitrogens with one attached hydrogen (secondary N) is 1. The molecule has 1 N–H and O–H groups in total. The summed E-state index contributed by atoms with van der Waals surface area (Å²) in [7, 11) is 1.90. The van der Waals surface area contributed by atoms with Crippen LogP contribution in [0.2, 0.25) is 0 Å². The zero-order valence-electron chi connectivity index (χ0n) is 14.3. The Balaban J connectivity index is 1.51. The summed E-state index contributed by atoms with van der Waals surface area (Å²) in [6.07, 6.45) is 3.34. The second-order valence-corrected chi connectivity index (χ2v) is 6.99. The lowest BCUT2D eigenvalue weighted by Gasteiger charge is -2.23. The van der Waals surface area contributed by atoms with E-state index in [-0.39, 0.29) is 18.0 Å². The molecule has 24 heavy (non-hydrogen) atoms. The summed E-state index contributed by atoms with van der Waals surface area (Å²) in [6, 6.07) is 12.7. The van der Waals surface area contributed by atoms with Gasteiger partial charge < -0.3 is 0 Å². The van der Waals surface area contributed by atoms with Gasteiger partial charge in [-0.05, 0) is 37.7 Å². The number of hydrogen-bond acceptors (Lipinski definition) is 3. The van der Waals surface area contributed by atoms with Crippen LogP contribution in [0.1, 0.15) is 36.6 Å². The number of amides is 1. The Bertz CT molecular complexity index is 735. The van der Waals surface area contributed by atoms with E-state index in [1.807, 2.05) is 31.0 Å². The molecule has 1 aliphatic carbocycles. The molecule has 2 heterocycles. The van der Waals surface area contributed by atoms with Gasteiger partial charge in [-0.25, -0.2) is 0 Å². The molecule has 126 valence electrons. The maximum absolute atomic E-state index is 12.9. The van der Waals surface area contributed by atoms with Crippen molar-refractivity contribution in [2.24, 2.45) is 13.0 Å². The molecule has 4 rings (SSSR count). The molecule has 0 unspecified atom stereocenters. The number of rotatable bonds is 5. The zero-order valence-corrected chi connectivity index (χ0v) is 14.3. The van der Waals surface area contributed by atoms with Crippen LogP contribution in [0.3, 0.4) is 0 Å². The fraction of sp³-hybridized carbons (Fsp3) is 0.474. The summed E-state index contributed by atoms with van der Waals surface area (Å²) >= 11 is 0. The Kier molecular flexibility index (Phi) is 3.88. The van der Waals surface area contributed by atoms with Crippen LogP contribution in [-0.2, 0) is 11.8 Å². The quantitative estimate of drug-likeness (QED) is 0.920. The van der Waals surface area contributed by atoms with Crippen LogP contribution in [0.4, 0.5) is 5.82 Å². The predicted molar refractivity (Wildman–Crippen MR) is 93.7 cm³/mol. The van der Waals surface area contributed by atoms with Gasteiger partial charge in [0, 0.05) is 25.7 Å². The van der Waals surface area contributed by atoms with Crippen LogP contribution in [0.25, 0.3) is 0 Å². The van der Waals surface area contributed by atoms with E-state index in [2.05, 4.69) is 34.7 Å². The van der Waals surface area contributed by atoms with Gasteiger partial charge in [-0.2, -0.15) is 5.10 Å². The molecule has 0 spiro atoms. The van der Waals surface area contributed by atoms with Crippen molar-refractivity contribution in [2.45, 2.75) is 38.3 Å². The lowest BCUT2D eigenvalue weighted by molar-refractivity contribution is -0.119. The van der Waals surface area contributed by atoms with Crippen LogP contribution in [0.15, 0.2) is 36.4 Å². The average Bonchev–Trinajstić information content (AvgIpc) is 3.28. The minimum atomic E-state index is -0.106. The summed E-state index contributed by atoms with van der Waals surface area (Å²) in [4.78, 5) is 14.8. The molecule has 1 aliphatic heterocycles. The first kappa shape index (κ1) is 15.4. The molecule has 0 radical (unpaired) electrons. The first-order valence-corrected chi connectivity index (χ1v) is 8.76. The first-order chi connectivity index (χ1) is 11.6. The number of aromatic nitrogens is 2. The maximum atomic E-state index is 12.9. The molecular formula is C19H24N4O. The fourth-order valence-electron chi connectivity index (χ4n) is 3.72. The van der Waals surface area contributed by atoms with Crippen LogP contribution >= 0.6 is 0 Å². The van der Waals surface area contributed by atoms with Crippen molar-refractivity contribution in [2.75, 3.05) is 11.4 Å². The molecular weight excluding hydrogens is 300 g/mol. The maximum Gasteiger partial charge on any atom is 0.245 e. The molecule has 2 aromatic rings. The van der Waals surface area contributed by atoms with Crippen molar-refractivity contribution in [3.05, 3.63) is 47.7 Å². The fourth-order valence-corrected chi connectivity index (χ4v) is 3.72. The predicted octanol–water partition coefficient (Wildman–Crippen LogP) is 2.57. The van der Waals surface area contributed by atoms with Crippen molar-refractivity contribution in [1.29, 1.82) is 0 Å². The van der Waals surface area contributed by atoms with Gasteiger partial charge >= 0.3 is 0 Å². The van der Waals surface area contributed by atoms with Gasteiger partial charge in [0.05, 0.1) is 11.7 Å². The minimum Gasteiger partial charge on any atom is -0.299 e. The molecule has 5 nitrogen and oxygen atoms in total. The van der Waals surface area contributed by atoms with Gasteiger partial charge in [0.2, 0.25) is 5.91 Å². The second-order valence-electron chi connectivity index (χ2n) is 6.99. The van der Waals surface area contributed by atoms with E-state index < -0.39 is 0 Å². The van der Waals surface area contributed by atoms with Crippen molar-refractivity contribution < 1.29 is 4.79 Å². The summed E-state index contributed by atoms with van der Waals surface area (Å²) in [5.41, 5.74) is 2.24. The summed E-state index contributed by atoms with van der Waals surface area (Å²) in [6.45, 7) is 2.71. The highest BCUT2D eigenvalue weighted by molar-refractivity contribution is 5.98. The number of benzene rings is 1. The molecule has 2 aliphatic rings. The van der Waals surface area contributed by atoms with Crippen molar-refractivity contribution in [3.8, 4) is 0 Å². The van der Waals surface area contributed by atoms with Crippen molar-refractivity contribution in [1.82, 2.24) is 15.1 Å². The Hall–Kier alpha value is -2.14. The molecule has 1 aromatic carbocycles. The first-order valence-electron chi connectivity index (χ1n) is 8.76. The SMILES string of the molecule is Cc1cc(N2CC[C@@H](N[C@H](c3ccccc3)C3CC3)C2=O)n(C)n1. The van der Waals surface area contributed by atoms with E-state index in [0.29, 0.717) is 5.92 Å². The monoisotopic (exact) mass is 324 g/mol. The Labute approximate surface area is 142 Å². The highest BCUT2D eigenvalue weighted by Crippen LogP contribution is 2.41. The van der Waals surface area contributed by atoms with E-state index in [9.17, 15) is 4.79 Å². The molecule has 1 saturated heterocycles. The number of anilines is 1. The van der Waals surface area contributed by atoms with Crippen LogP contribution < -0.4 is 10.2 Å².